The number of nitrogens with one attached hydrogen (secondary N) is 1. The molecule has 1 atom stereocenters. The van der Waals surface area contributed by atoms with Gasteiger partial charge in [-0.3, -0.25) is 10.2 Å². The number of aromatic hydroxyl groups is 1. The van der Waals surface area contributed by atoms with E-state index in [1.165, 1.54) is 0 Å². The van der Waals surface area contributed by atoms with Crippen molar-refractivity contribution in [1.29, 1.82) is 5.41 Å². The van der Waals surface area contributed by atoms with Crippen molar-refractivity contribution in [3.05, 3.63) is 64.2 Å². The summed E-state index contributed by atoms with van der Waals surface area (Å²) in [4.78, 5) is 15.5. The molecule has 0 spiro atoms. The number of ketones is 1. The van der Waals surface area contributed by atoms with Crippen molar-refractivity contribution in [1.82, 2.24) is 4.90 Å². The van der Waals surface area contributed by atoms with Gasteiger partial charge < -0.3 is 14.7 Å². The number of rotatable bonds is 8. The summed E-state index contributed by atoms with van der Waals surface area (Å²) in [6.07, 6.45) is 4.14. The molecule has 2 aromatic rings. The van der Waals surface area contributed by atoms with Crippen molar-refractivity contribution in [2.75, 3.05) is 13.1 Å². The highest BCUT2D eigenvalue weighted by Crippen LogP contribution is 2.40. The Hall–Kier alpha value is -3.08. The first kappa shape index (κ1) is 29.5. The van der Waals surface area contributed by atoms with Crippen LogP contribution in [0.25, 0.3) is 6.08 Å². The Kier molecular flexibility index (Phi) is 8.80. The molecule has 1 aliphatic heterocycles. The number of hydrogen-bond donors (Lipinski definition) is 2. The Morgan fingerprint density at radius 3 is 2.24 bits per heavy atom. The van der Waals surface area contributed by atoms with Crippen molar-refractivity contribution in [2.45, 2.75) is 92.1 Å². The average molecular weight is 519 g/mol. The minimum atomic E-state index is -0.309. The lowest BCUT2D eigenvalue weighted by Gasteiger charge is -2.28. The number of likely N-dealkylation sites (tertiary alicyclic amines) is 1. The predicted octanol–water partition coefficient (Wildman–Crippen LogP) is 7.75. The van der Waals surface area contributed by atoms with E-state index in [9.17, 15) is 9.90 Å². The van der Waals surface area contributed by atoms with Gasteiger partial charge in [0.25, 0.3) is 0 Å². The maximum Gasteiger partial charge on any atom is 0.182 e. The Balaban J connectivity index is 1.92. The Labute approximate surface area is 229 Å². The fourth-order valence-electron chi connectivity index (χ4n) is 5.09. The number of phenols is 1. The van der Waals surface area contributed by atoms with E-state index in [2.05, 4.69) is 13.0 Å². The van der Waals surface area contributed by atoms with Crippen molar-refractivity contribution >= 4 is 17.7 Å². The smallest absolute Gasteiger partial charge is 0.182 e. The summed E-state index contributed by atoms with van der Waals surface area (Å²) in [7, 11) is 0. The number of carbonyl (C=O) groups is 1. The van der Waals surface area contributed by atoms with Crippen LogP contribution in [0, 0.1) is 11.3 Å². The largest absolute Gasteiger partial charge is 0.507 e. The maximum atomic E-state index is 13.6. The van der Waals surface area contributed by atoms with Crippen LogP contribution in [0.15, 0.2) is 42.0 Å². The quantitative estimate of drug-likeness (QED) is 0.350. The van der Waals surface area contributed by atoms with Crippen LogP contribution in [0.3, 0.4) is 0 Å². The zero-order chi connectivity index (χ0) is 28.4. The molecule has 0 aliphatic carbocycles. The van der Waals surface area contributed by atoms with Crippen LogP contribution in [-0.4, -0.2) is 40.8 Å². The third-order valence-corrected chi connectivity index (χ3v) is 7.04. The third kappa shape index (κ3) is 6.86. The van der Waals surface area contributed by atoms with Crippen molar-refractivity contribution < 1.29 is 14.6 Å². The number of nitrogens with zero attached hydrogens (tertiary/aromatic N) is 1. The lowest BCUT2D eigenvalue weighted by molar-refractivity contribution is 0.0963. The molecule has 206 valence electrons. The SMILES string of the molecule is CCCC1CN(CC(=O)c2cc(C(C)(C)C)c(O)c(C(C)(C)C)c2)C(=N)C1=Cc1cccc(OC(C)C)c1. The fraction of sp³-hybridized carbons (Fsp3) is 0.515. The normalized spacial score (nSPS) is 17.5. The lowest BCUT2D eigenvalue weighted by Crippen LogP contribution is -2.31. The van der Waals surface area contributed by atoms with Crippen molar-refractivity contribution in [3.8, 4) is 11.5 Å². The van der Waals surface area contributed by atoms with E-state index in [-0.39, 0.29) is 40.9 Å². The Bertz CT molecular complexity index is 1180. The second-order valence-corrected chi connectivity index (χ2v) is 12.9. The number of phenolic OH excluding ortho intramolecular Hbond substituents is 1. The summed E-state index contributed by atoms with van der Waals surface area (Å²) in [5.74, 6) is 1.67. The van der Waals surface area contributed by atoms with Gasteiger partial charge in [0.05, 0.1) is 12.6 Å². The van der Waals surface area contributed by atoms with Gasteiger partial charge in [0.2, 0.25) is 0 Å². The third-order valence-electron chi connectivity index (χ3n) is 7.04. The fourth-order valence-corrected chi connectivity index (χ4v) is 5.09. The monoisotopic (exact) mass is 518 g/mol. The second kappa shape index (κ2) is 11.3. The summed E-state index contributed by atoms with van der Waals surface area (Å²) in [5, 5.41) is 20.1. The molecule has 1 aliphatic rings. The molecule has 2 aromatic carbocycles. The van der Waals surface area contributed by atoms with Gasteiger partial charge in [0.15, 0.2) is 5.78 Å². The van der Waals surface area contributed by atoms with Crippen LogP contribution < -0.4 is 4.74 Å². The summed E-state index contributed by atoms with van der Waals surface area (Å²) >= 11 is 0. The molecular weight excluding hydrogens is 472 g/mol. The number of amidine groups is 1. The maximum absolute atomic E-state index is 13.6. The number of Topliss-reactive ketones (excluding diaryl/α,β-unsaturated/α-hetero) is 1. The van der Waals surface area contributed by atoms with E-state index in [1.54, 1.807) is 0 Å². The van der Waals surface area contributed by atoms with Gasteiger partial charge in [0, 0.05) is 29.2 Å². The summed E-state index contributed by atoms with van der Waals surface area (Å²) in [6, 6.07) is 11.6. The number of hydrogen-bond acceptors (Lipinski definition) is 4. The highest BCUT2D eigenvalue weighted by Gasteiger charge is 2.34. The van der Waals surface area contributed by atoms with Crippen LogP contribution in [0.5, 0.6) is 11.5 Å². The summed E-state index contributed by atoms with van der Waals surface area (Å²) in [5.41, 5.74) is 3.50. The minimum absolute atomic E-state index is 0.0328. The molecule has 0 amide bonds. The molecule has 0 aromatic heterocycles. The molecular formula is C33H46N2O3. The molecule has 1 unspecified atom stereocenters. The highest BCUT2D eigenvalue weighted by molar-refractivity contribution is 6.06. The molecule has 3 rings (SSSR count). The molecule has 0 radical (unpaired) electrons. The van der Waals surface area contributed by atoms with Crippen LogP contribution >= 0.6 is 0 Å². The number of benzene rings is 2. The standard InChI is InChI=1S/C33H46N2O3/c1-10-12-23-19-35(31(34)26(23)16-22-13-11-14-25(15-22)38-21(2)3)20-29(36)24-17-27(32(4,5)6)30(37)28(18-24)33(7,8)9/h11,13-18,21,23,34,37H,10,12,19-20H2,1-9H3. The average Bonchev–Trinajstić information content (AvgIpc) is 3.06. The lowest BCUT2D eigenvalue weighted by atomic mass is 9.78. The molecule has 0 bridgehead atoms. The molecule has 5 heteroatoms. The van der Waals surface area contributed by atoms with Gasteiger partial charge in [-0.05, 0) is 72.6 Å². The van der Waals surface area contributed by atoms with Gasteiger partial charge in [-0.25, -0.2) is 0 Å². The van der Waals surface area contributed by atoms with E-state index < -0.39 is 0 Å². The van der Waals surface area contributed by atoms with Crippen LogP contribution in [-0.2, 0) is 10.8 Å². The molecule has 1 fully saturated rings. The van der Waals surface area contributed by atoms with E-state index in [0.29, 0.717) is 17.9 Å². The molecule has 5 nitrogen and oxygen atoms in total. The first-order valence-corrected chi connectivity index (χ1v) is 13.8. The zero-order valence-electron chi connectivity index (χ0n) is 24.7. The Morgan fingerprint density at radius 1 is 1.11 bits per heavy atom. The number of ether oxygens (including phenoxy) is 1. The number of carbonyl (C=O) groups excluding carboxylic acids is 1. The summed E-state index contributed by atoms with van der Waals surface area (Å²) in [6.45, 7) is 19.3. The van der Waals surface area contributed by atoms with E-state index >= 15 is 0 Å². The predicted molar refractivity (Wildman–Crippen MR) is 158 cm³/mol. The van der Waals surface area contributed by atoms with Gasteiger partial charge in [-0.2, -0.15) is 0 Å². The zero-order valence-corrected chi connectivity index (χ0v) is 24.7. The van der Waals surface area contributed by atoms with E-state index in [1.807, 2.05) is 96.7 Å². The first-order chi connectivity index (χ1) is 17.6. The van der Waals surface area contributed by atoms with E-state index in [4.69, 9.17) is 10.1 Å². The molecule has 0 saturated carbocycles. The Morgan fingerprint density at radius 2 is 1.71 bits per heavy atom. The molecule has 1 heterocycles. The molecule has 38 heavy (non-hydrogen) atoms. The van der Waals surface area contributed by atoms with Crippen LogP contribution in [0.4, 0.5) is 0 Å². The van der Waals surface area contributed by atoms with E-state index in [0.717, 1.165) is 40.9 Å². The second-order valence-electron chi connectivity index (χ2n) is 12.9. The van der Waals surface area contributed by atoms with Crippen molar-refractivity contribution in [2.24, 2.45) is 5.92 Å². The van der Waals surface area contributed by atoms with Gasteiger partial charge in [-0.15, -0.1) is 0 Å². The first-order valence-electron chi connectivity index (χ1n) is 13.8. The molecule has 1 saturated heterocycles. The van der Waals surface area contributed by atoms with Crippen molar-refractivity contribution in [3.63, 3.8) is 0 Å². The topological polar surface area (TPSA) is 73.6 Å². The minimum Gasteiger partial charge on any atom is -0.507 e. The van der Waals surface area contributed by atoms with Crippen LogP contribution in [0.2, 0.25) is 0 Å². The van der Waals surface area contributed by atoms with Crippen LogP contribution in [0.1, 0.15) is 102 Å². The summed E-state index contributed by atoms with van der Waals surface area (Å²) < 4.78 is 5.86. The molecule has 2 N–H and O–H groups in total. The highest BCUT2D eigenvalue weighted by atomic mass is 16.5. The van der Waals surface area contributed by atoms with Gasteiger partial charge in [0.1, 0.15) is 17.3 Å². The van der Waals surface area contributed by atoms with Gasteiger partial charge >= 0.3 is 0 Å². The van der Waals surface area contributed by atoms with Gasteiger partial charge in [-0.1, -0.05) is 67.0 Å².